The molecule has 0 fully saturated rings. The number of nitrogens with zero attached hydrogens (tertiary/aromatic N) is 1. The molecule has 1 heterocycles. The molecule has 0 saturated carbocycles. The SMILES string of the molecule is O=C(COc1ccc(F)c(Cl)c1)N(Cc1ccco1)c1ccc(F)cc1F. The van der Waals surface area contributed by atoms with Crippen molar-refractivity contribution in [2.45, 2.75) is 6.54 Å². The van der Waals surface area contributed by atoms with Gasteiger partial charge in [0.2, 0.25) is 0 Å². The minimum absolute atomic E-state index is 0.0814. The molecule has 0 bridgehead atoms. The highest BCUT2D eigenvalue weighted by atomic mass is 35.5. The fourth-order valence-corrected chi connectivity index (χ4v) is 2.53. The zero-order chi connectivity index (χ0) is 19.4. The molecule has 1 aromatic heterocycles. The Labute approximate surface area is 157 Å². The van der Waals surface area contributed by atoms with Crippen LogP contribution in [0.15, 0.2) is 59.2 Å². The highest BCUT2D eigenvalue weighted by molar-refractivity contribution is 6.30. The molecule has 140 valence electrons. The van der Waals surface area contributed by atoms with Crippen molar-refractivity contribution in [3.8, 4) is 5.75 Å². The van der Waals surface area contributed by atoms with Crippen LogP contribution in [0.3, 0.4) is 0 Å². The van der Waals surface area contributed by atoms with Crippen LogP contribution in [0.2, 0.25) is 5.02 Å². The number of hydrogen-bond acceptors (Lipinski definition) is 3. The molecular weight excluding hydrogens is 383 g/mol. The third-order valence-electron chi connectivity index (χ3n) is 3.65. The highest BCUT2D eigenvalue weighted by Gasteiger charge is 2.22. The van der Waals surface area contributed by atoms with Crippen LogP contribution in [0, 0.1) is 17.5 Å². The van der Waals surface area contributed by atoms with Crippen molar-refractivity contribution in [2.75, 3.05) is 11.5 Å². The second-order valence-electron chi connectivity index (χ2n) is 5.52. The molecule has 2 aromatic carbocycles. The summed E-state index contributed by atoms with van der Waals surface area (Å²) >= 11 is 5.67. The van der Waals surface area contributed by atoms with Gasteiger partial charge in [-0.25, -0.2) is 13.2 Å². The molecule has 0 aliphatic rings. The first-order valence-corrected chi connectivity index (χ1v) is 8.17. The first-order chi connectivity index (χ1) is 12.9. The first-order valence-electron chi connectivity index (χ1n) is 7.79. The Bertz CT molecular complexity index is 947. The van der Waals surface area contributed by atoms with Gasteiger partial charge in [-0.3, -0.25) is 9.69 Å². The van der Waals surface area contributed by atoms with E-state index in [4.69, 9.17) is 20.8 Å². The van der Waals surface area contributed by atoms with Gasteiger partial charge in [-0.15, -0.1) is 0 Å². The summed E-state index contributed by atoms with van der Waals surface area (Å²) in [6, 6.07) is 9.74. The van der Waals surface area contributed by atoms with Crippen LogP contribution in [-0.4, -0.2) is 12.5 Å². The molecule has 0 saturated heterocycles. The fourth-order valence-electron chi connectivity index (χ4n) is 2.36. The van der Waals surface area contributed by atoms with Crippen LogP contribution in [-0.2, 0) is 11.3 Å². The van der Waals surface area contributed by atoms with Gasteiger partial charge in [-0.2, -0.15) is 0 Å². The van der Waals surface area contributed by atoms with E-state index >= 15 is 0 Å². The van der Waals surface area contributed by atoms with Crippen LogP contribution in [0.1, 0.15) is 5.76 Å². The van der Waals surface area contributed by atoms with Gasteiger partial charge >= 0.3 is 0 Å². The Morgan fingerprint density at radius 1 is 1.07 bits per heavy atom. The van der Waals surface area contributed by atoms with Crippen molar-refractivity contribution >= 4 is 23.2 Å². The van der Waals surface area contributed by atoms with Crippen LogP contribution in [0.25, 0.3) is 0 Å². The van der Waals surface area contributed by atoms with E-state index in [9.17, 15) is 18.0 Å². The molecule has 27 heavy (non-hydrogen) atoms. The quantitative estimate of drug-likeness (QED) is 0.592. The summed E-state index contributed by atoms with van der Waals surface area (Å²) in [7, 11) is 0. The van der Waals surface area contributed by atoms with Gasteiger partial charge in [0, 0.05) is 12.1 Å². The Balaban J connectivity index is 1.80. The van der Waals surface area contributed by atoms with Crippen LogP contribution < -0.4 is 9.64 Å². The number of carbonyl (C=O) groups excluding carboxylic acids is 1. The summed E-state index contributed by atoms with van der Waals surface area (Å²) in [4.78, 5) is 13.7. The summed E-state index contributed by atoms with van der Waals surface area (Å²) in [6.45, 7) is -0.554. The highest BCUT2D eigenvalue weighted by Crippen LogP contribution is 2.24. The molecule has 0 spiro atoms. The van der Waals surface area contributed by atoms with E-state index in [1.807, 2.05) is 0 Å². The minimum Gasteiger partial charge on any atom is -0.484 e. The average Bonchev–Trinajstić information content (AvgIpc) is 3.14. The Morgan fingerprint density at radius 2 is 1.89 bits per heavy atom. The van der Waals surface area contributed by atoms with Gasteiger partial charge in [0.15, 0.2) is 6.61 Å². The zero-order valence-electron chi connectivity index (χ0n) is 13.8. The average molecular weight is 396 g/mol. The number of benzene rings is 2. The van der Waals surface area contributed by atoms with Crippen LogP contribution >= 0.6 is 11.6 Å². The van der Waals surface area contributed by atoms with Gasteiger partial charge in [-0.05, 0) is 36.4 Å². The van der Waals surface area contributed by atoms with E-state index in [1.54, 1.807) is 12.1 Å². The zero-order valence-corrected chi connectivity index (χ0v) is 14.6. The monoisotopic (exact) mass is 395 g/mol. The first kappa shape index (κ1) is 18.8. The number of rotatable bonds is 6. The molecule has 3 rings (SSSR count). The number of amides is 1. The summed E-state index contributed by atoms with van der Waals surface area (Å²) in [5, 5.41) is -0.156. The van der Waals surface area contributed by atoms with Crippen molar-refractivity contribution in [3.05, 3.63) is 83.0 Å². The number of carbonyl (C=O) groups is 1. The molecule has 0 unspecified atom stereocenters. The van der Waals surface area contributed by atoms with E-state index in [1.165, 1.54) is 18.4 Å². The molecule has 0 atom stereocenters. The maximum Gasteiger partial charge on any atom is 0.265 e. The number of furan rings is 1. The van der Waals surface area contributed by atoms with Gasteiger partial charge < -0.3 is 9.15 Å². The van der Waals surface area contributed by atoms with Crippen molar-refractivity contribution in [2.24, 2.45) is 0 Å². The van der Waals surface area contributed by atoms with Gasteiger partial charge in [-0.1, -0.05) is 11.6 Å². The Morgan fingerprint density at radius 3 is 2.56 bits per heavy atom. The van der Waals surface area contributed by atoms with Crippen LogP contribution in [0.4, 0.5) is 18.9 Å². The molecule has 1 amide bonds. The van der Waals surface area contributed by atoms with Gasteiger partial charge in [0.1, 0.15) is 29.0 Å². The third-order valence-corrected chi connectivity index (χ3v) is 3.94. The van der Waals surface area contributed by atoms with E-state index in [2.05, 4.69) is 0 Å². The fraction of sp³-hybridized carbons (Fsp3) is 0.105. The molecular formula is C19H13ClF3NO3. The number of anilines is 1. The predicted molar refractivity (Wildman–Crippen MR) is 93.2 cm³/mol. The van der Waals surface area contributed by atoms with Crippen LogP contribution in [0.5, 0.6) is 5.75 Å². The van der Waals surface area contributed by atoms with Crippen molar-refractivity contribution < 1.29 is 27.1 Å². The second kappa shape index (κ2) is 8.18. The summed E-state index contributed by atoms with van der Waals surface area (Å²) < 4.78 is 51.1. The lowest BCUT2D eigenvalue weighted by Crippen LogP contribution is -2.35. The third kappa shape index (κ3) is 4.62. The maximum absolute atomic E-state index is 14.2. The minimum atomic E-state index is -0.903. The molecule has 4 nitrogen and oxygen atoms in total. The molecule has 0 aliphatic carbocycles. The lowest BCUT2D eigenvalue weighted by atomic mass is 10.2. The largest absolute Gasteiger partial charge is 0.484 e. The smallest absolute Gasteiger partial charge is 0.265 e. The van der Waals surface area contributed by atoms with Crippen molar-refractivity contribution in [1.29, 1.82) is 0 Å². The summed E-state index contributed by atoms with van der Waals surface area (Å²) in [5.41, 5.74) is -0.126. The molecule has 3 aromatic rings. The van der Waals surface area contributed by atoms with E-state index in [0.29, 0.717) is 11.8 Å². The number of hydrogen-bond donors (Lipinski definition) is 0. The normalized spacial score (nSPS) is 10.7. The summed E-state index contributed by atoms with van der Waals surface area (Å²) in [6.07, 6.45) is 1.41. The van der Waals surface area contributed by atoms with Gasteiger partial charge in [0.25, 0.3) is 5.91 Å². The van der Waals surface area contributed by atoms with E-state index < -0.39 is 30.0 Å². The van der Waals surface area contributed by atoms with E-state index in [0.717, 1.165) is 23.1 Å². The molecule has 8 heteroatoms. The molecule has 0 aliphatic heterocycles. The molecule has 0 N–H and O–H groups in total. The lowest BCUT2D eigenvalue weighted by Gasteiger charge is -2.22. The predicted octanol–water partition coefficient (Wildman–Crippen LogP) is 4.96. The molecule has 0 radical (unpaired) electrons. The van der Waals surface area contributed by atoms with Crippen molar-refractivity contribution in [3.63, 3.8) is 0 Å². The topological polar surface area (TPSA) is 42.7 Å². The number of halogens is 4. The Hall–Kier alpha value is -2.93. The van der Waals surface area contributed by atoms with Gasteiger partial charge in [0.05, 0.1) is 23.5 Å². The summed E-state index contributed by atoms with van der Waals surface area (Å²) in [5.74, 6) is -2.33. The lowest BCUT2D eigenvalue weighted by molar-refractivity contribution is -0.120. The maximum atomic E-state index is 14.2. The van der Waals surface area contributed by atoms with Crippen molar-refractivity contribution in [1.82, 2.24) is 0 Å². The second-order valence-corrected chi connectivity index (χ2v) is 5.93. The Kier molecular flexibility index (Phi) is 5.71. The standard InChI is InChI=1S/C19H13ClF3NO3/c20-15-9-13(4-5-16(15)22)27-11-19(25)24(10-14-2-1-7-26-14)18-6-3-12(21)8-17(18)23/h1-9H,10-11H2. The number of ether oxygens (including phenoxy) is 1. The van der Waals surface area contributed by atoms with E-state index in [-0.39, 0.29) is 23.0 Å².